The highest BCUT2D eigenvalue weighted by molar-refractivity contribution is 7.13. The van der Waals surface area contributed by atoms with E-state index in [1.165, 1.54) is 11.3 Å². The van der Waals surface area contributed by atoms with Gasteiger partial charge < -0.3 is 10.2 Å². The average molecular weight is 383 g/mol. The maximum Gasteiger partial charge on any atom is 0.229 e. The second-order valence-electron chi connectivity index (χ2n) is 6.68. The minimum atomic E-state index is 0.00656. The predicted molar refractivity (Wildman–Crippen MR) is 104 cm³/mol. The molecule has 0 aliphatic carbocycles. The lowest BCUT2D eigenvalue weighted by Gasteiger charge is -2.31. The number of hydrogen-bond donors (Lipinski definition) is 1. The standard InChI is InChI=1S/C18H21N7OS/c1-12-11-13(2)25(23-12)16-4-3-15(21-22-16)24-8-5-14(6-9-24)17(26)20-18-19-7-10-27-18/h3-4,7,10-11,14H,5-6,8-9H2,1-2H3,(H,19,20,26). The summed E-state index contributed by atoms with van der Waals surface area (Å²) < 4.78 is 1.79. The molecule has 8 nitrogen and oxygen atoms in total. The van der Waals surface area contributed by atoms with Gasteiger partial charge in [-0.3, -0.25) is 4.79 Å². The van der Waals surface area contributed by atoms with E-state index in [0.717, 1.165) is 43.1 Å². The van der Waals surface area contributed by atoms with Crippen LogP contribution < -0.4 is 10.2 Å². The van der Waals surface area contributed by atoms with Crippen molar-refractivity contribution in [3.8, 4) is 5.82 Å². The smallest absolute Gasteiger partial charge is 0.229 e. The van der Waals surface area contributed by atoms with Gasteiger partial charge in [-0.2, -0.15) is 5.10 Å². The highest BCUT2D eigenvalue weighted by atomic mass is 32.1. The van der Waals surface area contributed by atoms with Crippen LogP contribution in [0, 0.1) is 19.8 Å². The Bertz CT molecular complexity index is 912. The molecule has 4 heterocycles. The van der Waals surface area contributed by atoms with E-state index < -0.39 is 0 Å². The monoisotopic (exact) mass is 383 g/mol. The van der Waals surface area contributed by atoms with Crippen molar-refractivity contribution in [3.05, 3.63) is 41.2 Å². The number of aryl methyl sites for hydroxylation is 2. The third-order valence-electron chi connectivity index (χ3n) is 4.72. The molecule has 3 aromatic rings. The lowest BCUT2D eigenvalue weighted by atomic mass is 9.96. The molecule has 0 aromatic carbocycles. The summed E-state index contributed by atoms with van der Waals surface area (Å²) in [5.74, 6) is 1.60. The maximum absolute atomic E-state index is 12.3. The number of aromatic nitrogens is 5. The summed E-state index contributed by atoms with van der Waals surface area (Å²) in [4.78, 5) is 18.6. The van der Waals surface area contributed by atoms with Crippen LogP contribution in [0.1, 0.15) is 24.2 Å². The normalized spacial score (nSPS) is 15.1. The van der Waals surface area contributed by atoms with E-state index in [9.17, 15) is 4.79 Å². The first-order valence-corrected chi connectivity index (χ1v) is 9.81. The van der Waals surface area contributed by atoms with Gasteiger partial charge >= 0.3 is 0 Å². The summed E-state index contributed by atoms with van der Waals surface area (Å²) in [5, 5.41) is 18.5. The zero-order valence-corrected chi connectivity index (χ0v) is 16.1. The fraction of sp³-hybridized carbons (Fsp3) is 0.389. The number of piperidine rings is 1. The van der Waals surface area contributed by atoms with Gasteiger partial charge in [0.05, 0.1) is 5.69 Å². The molecule has 0 spiro atoms. The Labute approximate surface area is 161 Å². The Hall–Kier alpha value is -2.81. The topological polar surface area (TPSA) is 88.8 Å². The average Bonchev–Trinajstić information content (AvgIpc) is 3.31. The quantitative estimate of drug-likeness (QED) is 0.745. The molecule has 0 unspecified atom stereocenters. The van der Waals surface area contributed by atoms with Gasteiger partial charge in [0.25, 0.3) is 0 Å². The highest BCUT2D eigenvalue weighted by Gasteiger charge is 2.26. The van der Waals surface area contributed by atoms with Gasteiger partial charge in [0.15, 0.2) is 16.8 Å². The molecule has 0 radical (unpaired) electrons. The minimum Gasteiger partial charge on any atom is -0.355 e. The summed E-state index contributed by atoms with van der Waals surface area (Å²) in [6, 6.07) is 5.91. The molecule has 1 saturated heterocycles. The largest absolute Gasteiger partial charge is 0.355 e. The molecule has 27 heavy (non-hydrogen) atoms. The van der Waals surface area contributed by atoms with Crippen molar-refractivity contribution in [1.82, 2.24) is 25.0 Å². The Morgan fingerprint density at radius 1 is 1.19 bits per heavy atom. The van der Waals surface area contributed by atoms with E-state index in [1.807, 2.05) is 37.4 Å². The molecule has 1 aliphatic rings. The van der Waals surface area contributed by atoms with Crippen LogP contribution in [-0.4, -0.2) is 44.0 Å². The first-order valence-electron chi connectivity index (χ1n) is 8.93. The number of rotatable bonds is 4. The number of nitrogens with zero attached hydrogens (tertiary/aromatic N) is 6. The van der Waals surface area contributed by atoms with Crippen molar-refractivity contribution in [1.29, 1.82) is 0 Å². The van der Waals surface area contributed by atoms with Crippen LogP contribution in [0.2, 0.25) is 0 Å². The maximum atomic E-state index is 12.3. The number of carbonyl (C=O) groups excluding carboxylic acids is 1. The number of anilines is 2. The van der Waals surface area contributed by atoms with E-state index in [-0.39, 0.29) is 11.8 Å². The molecule has 1 aliphatic heterocycles. The zero-order chi connectivity index (χ0) is 18.8. The van der Waals surface area contributed by atoms with Crippen molar-refractivity contribution < 1.29 is 4.79 Å². The molecule has 0 bridgehead atoms. The molecule has 9 heteroatoms. The lowest BCUT2D eigenvalue weighted by Crippen LogP contribution is -2.38. The molecule has 0 saturated carbocycles. The van der Waals surface area contributed by atoms with E-state index in [4.69, 9.17) is 0 Å². The van der Waals surface area contributed by atoms with Gasteiger partial charge in [0, 0.05) is 36.3 Å². The molecule has 1 amide bonds. The SMILES string of the molecule is Cc1cc(C)n(-c2ccc(N3CCC(C(=O)Nc4nccs4)CC3)nn2)n1. The molecule has 0 atom stereocenters. The van der Waals surface area contributed by atoms with Crippen LogP contribution in [0.15, 0.2) is 29.8 Å². The molecule has 140 valence electrons. The zero-order valence-electron chi connectivity index (χ0n) is 15.3. The van der Waals surface area contributed by atoms with Crippen LogP contribution in [0.3, 0.4) is 0 Å². The molecular formula is C18H21N7OS. The Morgan fingerprint density at radius 3 is 2.52 bits per heavy atom. The molecule has 1 fully saturated rings. The summed E-state index contributed by atoms with van der Waals surface area (Å²) in [6.07, 6.45) is 3.27. The first-order chi connectivity index (χ1) is 13.1. The van der Waals surface area contributed by atoms with Crippen molar-refractivity contribution in [3.63, 3.8) is 0 Å². The van der Waals surface area contributed by atoms with E-state index in [1.54, 1.807) is 10.9 Å². The number of amides is 1. The van der Waals surface area contributed by atoms with Crippen LogP contribution in [-0.2, 0) is 4.79 Å². The third kappa shape index (κ3) is 3.82. The minimum absolute atomic E-state index is 0.00656. The van der Waals surface area contributed by atoms with Crippen LogP contribution in [0.5, 0.6) is 0 Å². The number of hydrogen-bond acceptors (Lipinski definition) is 7. The third-order valence-corrected chi connectivity index (χ3v) is 5.40. The summed E-state index contributed by atoms with van der Waals surface area (Å²) in [7, 11) is 0. The van der Waals surface area contributed by atoms with Crippen LogP contribution in [0.4, 0.5) is 10.9 Å². The summed E-state index contributed by atoms with van der Waals surface area (Å²) in [5.41, 5.74) is 1.98. The van der Waals surface area contributed by atoms with Crippen molar-refractivity contribution in [2.45, 2.75) is 26.7 Å². The first kappa shape index (κ1) is 17.6. The number of carbonyl (C=O) groups is 1. The highest BCUT2D eigenvalue weighted by Crippen LogP contribution is 2.23. The Kier molecular flexibility index (Phi) is 4.85. The summed E-state index contributed by atoms with van der Waals surface area (Å²) in [6.45, 7) is 5.52. The second-order valence-corrected chi connectivity index (χ2v) is 7.57. The Morgan fingerprint density at radius 2 is 1.93 bits per heavy atom. The van der Waals surface area contributed by atoms with Gasteiger partial charge in [0.1, 0.15) is 0 Å². The van der Waals surface area contributed by atoms with E-state index in [2.05, 4.69) is 30.5 Å². The Balaban J connectivity index is 1.37. The van der Waals surface area contributed by atoms with Gasteiger partial charge in [-0.25, -0.2) is 9.67 Å². The van der Waals surface area contributed by atoms with Crippen LogP contribution in [0.25, 0.3) is 5.82 Å². The molecular weight excluding hydrogens is 362 g/mol. The predicted octanol–water partition coefficient (Wildman–Crippen LogP) is 2.59. The van der Waals surface area contributed by atoms with E-state index in [0.29, 0.717) is 10.9 Å². The molecule has 1 N–H and O–H groups in total. The number of thiazole rings is 1. The lowest BCUT2D eigenvalue weighted by molar-refractivity contribution is -0.120. The fourth-order valence-corrected chi connectivity index (χ4v) is 3.86. The van der Waals surface area contributed by atoms with Crippen molar-refractivity contribution in [2.75, 3.05) is 23.3 Å². The van der Waals surface area contributed by atoms with Crippen molar-refractivity contribution >= 4 is 28.2 Å². The molecule has 4 rings (SSSR count). The molecule has 3 aromatic heterocycles. The van der Waals surface area contributed by atoms with Gasteiger partial charge in [0.2, 0.25) is 5.91 Å². The number of nitrogens with one attached hydrogen (secondary N) is 1. The second kappa shape index (κ2) is 7.43. The fourth-order valence-electron chi connectivity index (χ4n) is 3.32. The van der Waals surface area contributed by atoms with Crippen molar-refractivity contribution in [2.24, 2.45) is 5.92 Å². The van der Waals surface area contributed by atoms with Gasteiger partial charge in [-0.05, 0) is 44.9 Å². The van der Waals surface area contributed by atoms with Crippen LogP contribution >= 0.6 is 11.3 Å². The van der Waals surface area contributed by atoms with E-state index >= 15 is 0 Å². The summed E-state index contributed by atoms with van der Waals surface area (Å²) >= 11 is 1.44. The van der Waals surface area contributed by atoms with Gasteiger partial charge in [-0.1, -0.05) is 0 Å². The van der Waals surface area contributed by atoms with Gasteiger partial charge in [-0.15, -0.1) is 21.5 Å².